The normalized spacial score (nSPS) is 19.6. The number of carbonyl (C=O) groups excluding carboxylic acids is 2. The van der Waals surface area contributed by atoms with E-state index in [2.05, 4.69) is 27.7 Å². The predicted octanol–water partition coefficient (Wildman–Crippen LogP) is 3.11. The van der Waals surface area contributed by atoms with Crippen molar-refractivity contribution in [2.75, 3.05) is 32.1 Å². The van der Waals surface area contributed by atoms with Crippen LogP contribution in [0.4, 0.5) is 11.4 Å². The maximum Gasteiger partial charge on any atom is 0.293 e. The highest BCUT2D eigenvalue weighted by atomic mass is 16.6. The van der Waals surface area contributed by atoms with Crippen LogP contribution in [0.2, 0.25) is 0 Å². The Morgan fingerprint density at radius 2 is 1.97 bits per heavy atom. The number of hydrogen-bond acceptors (Lipinski definition) is 6. The molecule has 0 bridgehead atoms. The number of methoxy groups -OCH3 is 1. The minimum atomic E-state index is -0.625. The number of hydrogen-bond donors (Lipinski definition) is 2. The molecule has 9 nitrogen and oxygen atoms in total. The molecule has 0 radical (unpaired) electrons. The zero-order valence-corrected chi connectivity index (χ0v) is 18.1. The van der Waals surface area contributed by atoms with Crippen LogP contribution in [-0.4, -0.2) is 54.4 Å². The van der Waals surface area contributed by atoms with Gasteiger partial charge in [-0.1, -0.05) is 12.2 Å². The highest BCUT2D eigenvalue weighted by molar-refractivity contribution is 6.00. The van der Waals surface area contributed by atoms with E-state index in [1.54, 1.807) is 0 Å². The summed E-state index contributed by atoms with van der Waals surface area (Å²) in [6.45, 7) is 4.19. The van der Waals surface area contributed by atoms with Crippen LogP contribution in [-0.2, 0) is 4.79 Å². The van der Waals surface area contributed by atoms with E-state index in [4.69, 9.17) is 4.74 Å². The van der Waals surface area contributed by atoms with Gasteiger partial charge in [0, 0.05) is 44.7 Å². The Balaban J connectivity index is 1.63. The van der Waals surface area contributed by atoms with Gasteiger partial charge in [0.15, 0.2) is 0 Å². The number of likely N-dealkylation sites (tertiary alicyclic amines) is 1. The lowest BCUT2D eigenvalue weighted by atomic mass is 9.93. The van der Waals surface area contributed by atoms with Crippen LogP contribution in [0.15, 0.2) is 24.3 Å². The number of piperidine rings is 1. The zero-order valence-electron chi connectivity index (χ0n) is 18.1. The number of rotatable bonds is 7. The van der Waals surface area contributed by atoms with E-state index in [0.29, 0.717) is 5.92 Å². The van der Waals surface area contributed by atoms with Gasteiger partial charge in [0.05, 0.1) is 17.6 Å². The fraction of sp³-hybridized carbons (Fsp3) is 0.545. The first-order valence-corrected chi connectivity index (χ1v) is 10.7. The molecule has 1 unspecified atom stereocenters. The predicted molar refractivity (Wildman–Crippen MR) is 117 cm³/mol. The Labute approximate surface area is 182 Å². The number of nitro benzene ring substituents is 1. The third-order valence-corrected chi connectivity index (χ3v) is 5.89. The van der Waals surface area contributed by atoms with Gasteiger partial charge in [0.25, 0.3) is 11.6 Å². The summed E-state index contributed by atoms with van der Waals surface area (Å²) in [6.07, 6.45) is 9.73. The van der Waals surface area contributed by atoms with E-state index in [1.807, 2.05) is 0 Å². The number of nitrogens with zero attached hydrogens (tertiary/aromatic N) is 2. The zero-order chi connectivity index (χ0) is 22.4. The summed E-state index contributed by atoms with van der Waals surface area (Å²) in [6, 6.07) is 2.48. The summed E-state index contributed by atoms with van der Waals surface area (Å²) in [5, 5.41) is 16.8. The molecule has 0 aromatic heterocycles. The largest absolute Gasteiger partial charge is 0.496 e. The Morgan fingerprint density at radius 1 is 1.23 bits per heavy atom. The number of benzene rings is 1. The van der Waals surface area contributed by atoms with Gasteiger partial charge >= 0.3 is 0 Å². The molecule has 0 spiro atoms. The fourth-order valence-electron chi connectivity index (χ4n) is 4.27. The smallest absolute Gasteiger partial charge is 0.293 e. The number of anilines is 1. The topological polar surface area (TPSA) is 114 Å². The van der Waals surface area contributed by atoms with Crippen LogP contribution in [0.25, 0.3) is 0 Å². The van der Waals surface area contributed by atoms with Gasteiger partial charge in [0.2, 0.25) is 5.91 Å². The lowest BCUT2D eigenvalue weighted by Gasteiger charge is -2.35. The molecule has 1 saturated heterocycles. The highest BCUT2D eigenvalue weighted by Gasteiger charge is 2.27. The summed E-state index contributed by atoms with van der Waals surface area (Å²) >= 11 is 0. The van der Waals surface area contributed by atoms with E-state index < -0.39 is 16.7 Å². The molecule has 1 aromatic carbocycles. The third-order valence-electron chi connectivity index (χ3n) is 5.89. The van der Waals surface area contributed by atoms with E-state index in [-0.39, 0.29) is 28.7 Å². The van der Waals surface area contributed by atoms with Gasteiger partial charge < -0.3 is 20.3 Å². The van der Waals surface area contributed by atoms with Crippen LogP contribution in [0, 0.1) is 16.0 Å². The number of amides is 2. The molecule has 0 saturated carbocycles. The van der Waals surface area contributed by atoms with Gasteiger partial charge in [-0.2, -0.15) is 0 Å². The molecular formula is C22H30N4O5. The fourth-order valence-corrected chi connectivity index (χ4v) is 4.27. The van der Waals surface area contributed by atoms with Crippen molar-refractivity contribution in [3.05, 3.63) is 40.0 Å². The Morgan fingerprint density at radius 3 is 2.55 bits per heavy atom. The summed E-state index contributed by atoms with van der Waals surface area (Å²) in [5.74, 6) is 0.0290. The first kappa shape index (κ1) is 22.7. The van der Waals surface area contributed by atoms with E-state index in [9.17, 15) is 19.7 Å². The SMILES string of the molecule is COc1cc(NC(C)=O)c([N+](=O)[O-])cc1C(=O)NC1CCN(CC2CC=CCC2)CC1. The molecule has 1 aliphatic carbocycles. The van der Waals surface area contributed by atoms with Gasteiger partial charge in [-0.25, -0.2) is 0 Å². The molecule has 1 aliphatic heterocycles. The number of carbonyl (C=O) groups is 2. The first-order valence-electron chi connectivity index (χ1n) is 10.7. The Hall–Kier alpha value is -2.94. The van der Waals surface area contributed by atoms with Gasteiger partial charge in [-0.05, 0) is 38.0 Å². The quantitative estimate of drug-likeness (QED) is 0.390. The van der Waals surface area contributed by atoms with Crippen molar-refractivity contribution in [2.45, 2.75) is 45.1 Å². The van der Waals surface area contributed by atoms with Crippen LogP contribution in [0.1, 0.15) is 49.4 Å². The van der Waals surface area contributed by atoms with Crippen LogP contribution < -0.4 is 15.4 Å². The second-order valence-electron chi connectivity index (χ2n) is 8.21. The lowest BCUT2D eigenvalue weighted by Crippen LogP contribution is -2.45. The Kier molecular flexibility index (Phi) is 7.62. The molecule has 168 valence electrons. The standard InChI is InChI=1S/C22H30N4O5/c1-15(27)23-19-13-21(31-2)18(12-20(19)26(29)30)22(28)24-17-8-10-25(11-9-17)14-16-6-4-3-5-7-16/h3-4,12-13,16-17H,5-11,14H2,1-2H3,(H,23,27)(H,24,28). The number of nitro groups is 1. The van der Waals surface area contributed by atoms with Crippen LogP contribution >= 0.6 is 0 Å². The molecule has 2 N–H and O–H groups in total. The van der Waals surface area contributed by atoms with Crippen molar-refractivity contribution >= 4 is 23.2 Å². The van der Waals surface area contributed by atoms with Crippen molar-refractivity contribution in [3.8, 4) is 5.75 Å². The third kappa shape index (κ3) is 6.04. The van der Waals surface area contributed by atoms with Crippen molar-refractivity contribution in [3.63, 3.8) is 0 Å². The average Bonchev–Trinajstić information content (AvgIpc) is 2.74. The molecule has 1 aromatic rings. The molecule has 2 aliphatic rings. The maximum atomic E-state index is 12.9. The number of allylic oxidation sites excluding steroid dienone is 2. The average molecular weight is 431 g/mol. The molecule has 2 amide bonds. The molecule has 31 heavy (non-hydrogen) atoms. The van der Waals surface area contributed by atoms with Crippen molar-refractivity contribution < 1.29 is 19.2 Å². The minimum absolute atomic E-state index is 0.00299. The lowest BCUT2D eigenvalue weighted by molar-refractivity contribution is -0.384. The van der Waals surface area contributed by atoms with E-state index in [0.717, 1.165) is 51.4 Å². The minimum Gasteiger partial charge on any atom is -0.496 e. The van der Waals surface area contributed by atoms with Crippen molar-refractivity contribution in [1.29, 1.82) is 0 Å². The Bertz CT molecular complexity index is 862. The monoisotopic (exact) mass is 430 g/mol. The number of nitrogens with one attached hydrogen (secondary N) is 2. The van der Waals surface area contributed by atoms with E-state index in [1.165, 1.54) is 26.5 Å². The summed E-state index contributed by atoms with van der Waals surface area (Å²) in [5.41, 5.74) is -0.269. The molecule has 1 heterocycles. The van der Waals surface area contributed by atoms with Crippen LogP contribution in [0.5, 0.6) is 5.75 Å². The number of ether oxygens (including phenoxy) is 1. The molecular weight excluding hydrogens is 400 g/mol. The first-order chi connectivity index (χ1) is 14.9. The molecule has 1 atom stereocenters. The van der Waals surface area contributed by atoms with Gasteiger partial charge in [-0.15, -0.1) is 0 Å². The highest BCUT2D eigenvalue weighted by Crippen LogP contribution is 2.33. The van der Waals surface area contributed by atoms with Crippen molar-refractivity contribution in [1.82, 2.24) is 10.2 Å². The van der Waals surface area contributed by atoms with Gasteiger partial charge in [0.1, 0.15) is 11.4 Å². The van der Waals surface area contributed by atoms with Crippen LogP contribution in [0.3, 0.4) is 0 Å². The van der Waals surface area contributed by atoms with E-state index >= 15 is 0 Å². The summed E-state index contributed by atoms with van der Waals surface area (Å²) in [4.78, 5) is 37.5. The van der Waals surface area contributed by atoms with Gasteiger partial charge in [-0.3, -0.25) is 19.7 Å². The maximum absolute atomic E-state index is 12.9. The summed E-state index contributed by atoms with van der Waals surface area (Å²) < 4.78 is 5.27. The molecule has 3 rings (SSSR count). The summed E-state index contributed by atoms with van der Waals surface area (Å²) in [7, 11) is 1.38. The van der Waals surface area contributed by atoms with Crippen molar-refractivity contribution in [2.24, 2.45) is 5.92 Å². The second-order valence-corrected chi connectivity index (χ2v) is 8.21. The molecule has 1 fully saturated rings. The molecule has 9 heteroatoms. The second kappa shape index (κ2) is 10.4.